The molecule has 1 aromatic rings. The molecule has 0 aliphatic rings. The van der Waals surface area contributed by atoms with Gasteiger partial charge in [-0.2, -0.15) is 0 Å². The molecule has 0 aliphatic carbocycles. The third-order valence-corrected chi connectivity index (χ3v) is 2.92. The summed E-state index contributed by atoms with van der Waals surface area (Å²) < 4.78 is 0. The summed E-state index contributed by atoms with van der Waals surface area (Å²) in [5.74, 6) is 1.23. The summed E-state index contributed by atoms with van der Waals surface area (Å²) in [4.78, 5) is 0. The molecule has 0 heteroatoms. The van der Waals surface area contributed by atoms with Crippen LogP contribution in [0.2, 0.25) is 0 Å². The fourth-order valence-corrected chi connectivity index (χ4v) is 2.17. The van der Waals surface area contributed by atoms with Crippen LogP contribution in [0.1, 0.15) is 62.6 Å². The summed E-state index contributed by atoms with van der Waals surface area (Å²) >= 11 is 0. The molecule has 0 atom stereocenters. The maximum Gasteiger partial charge on any atom is -0.0216 e. The Morgan fingerprint density at radius 3 is 1.80 bits per heavy atom. The van der Waals surface area contributed by atoms with Crippen molar-refractivity contribution in [1.82, 2.24) is 0 Å². The summed E-state index contributed by atoms with van der Waals surface area (Å²) in [6.45, 7) is 13.1. The molecule has 0 aromatic heterocycles. The third kappa shape index (κ3) is 2.84. The number of hydrogen-bond donors (Lipinski definition) is 0. The Morgan fingerprint density at radius 1 is 1.00 bits per heavy atom. The monoisotopic (exact) mass is 203 g/mol. The molecule has 0 aliphatic heterocycles. The molecule has 0 nitrogen and oxygen atoms in total. The van der Waals surface area contributed by atoms with Gasteiger partial charge in [0.15, 0.2) is 0 Å². The molecule has 1 radical (unpaired) electrons. The Kier molecular flexibility index (Phi) is 4.38. The normalized spacial score (nSPS) is 11.4. The topological polar surface area (TPSA) is 0 Å². The first-order chi connectivity index (χ1) is 7.07. The molecule has 1 rings (SSSR count). The molecule has 0 amide bonds. The average molecular weight is 203 g/mol. The van der Waals surface area contributed by atoms with Gasteiger partial charge in [-0.15, -0.1) is 0 Å². The summed E-state index contributed by atoms with van der Waals surface area (Å²) in [6.07, 6.45) is 2.10. The lowest BCUT2D eigenvalue weighted by Gasteiger charge is -2.19. The number of rotatable bonds is 4. The molecule has 0 fully saturated rings. The molecule has 1 aromatic carbocycles. The molecule has 0 bridgehead atoms. The zero-order valence-corrected chi connectivity index (χ0v) is 10.5. The van der Waals surface area contributed by atoms with Gasteiger partial charge in [0.1, 0.15) is 0 Å². The Balaban J connectivity index is 3.21. The lowest BCUT2D eigenvalue weighted by Crippen LogP contribution is -2.03. The highest BCUT2D eigenvalue weighted by molar-refractivity contribution is 5.39. The van der Waals surface area contributed by atoms with E-state index in [1.54, 1.807) is 0 Å². The van der Waals surface area contributed by atoms with Crippen molar-refractivity contribution in [3.63, 3.8) is 0 Å². The van der Waals surface area contributed by atoms with Gasteiger partial charge in [0.25, 0.3) is 0 Å². The Hall–Kier alpha value is -0.780. The van der Waals surface area contributed by atoms with Gasteiger partial charge in [0, 0.05) is 0 Å². The Bertz CT molecular complexity index is 282. The van der Waals surface area contributed by atoms with E-state index in [4.69, 9.17) is 0 Å². The van der Waals surface area contributed by atoms with E-state index in [9.17, 15) is 0 Å². The van der Waals surface area contributed by atoms with Crippen LogP contribution in [0.15, 0.2) is 18.2 Å². The van der Waals surface area contributed by atoms with Crippen LogP contribution in [0.5, 0.6) is 0 Å². The van der Waals surface area contributed by atoms with Crippen molar-refractivity contribution >= 4 is 0 Å². The third-order valence-electron chi connectivity index (χ3n) is 2.92. The highest BCUT2D eigenvalue weighted by Gasteiger charge is 2.12. The van der Waals surface area contributed by atoms with E-state index in [1.807, 2.05) is 0 Å². The first kappa shape index (κ1) is 12.3. The van der Waals surface area contributed by atoms with Crippen molar-refractivity contribution in [2.75, 3.05) is 0 Å². The van der Waals surface area contributed by atoms with Crippen LogP contribution in [0.3, 0.4) is 0 Å². The molecule has 83 valence electrons. The first-order valence-corrected chi connectivity index (χ1v) is 5.98. The van der Waals surface area contributed by atoms with Gasteiger partial charge in [0.05, 0.1) is 0 Å². The van der Waals surface area contributed by atoms with Crippen LogP contribution in [0.25, 0.3) is 0 Å². The van der Waals surface area contributed by atoms with Gasteiger partial charge in [-0.25, -0.2) is 0 Å². The fraction of sp³-hybridized carbons (Fsp3) is 0.533. The van der Waals surface area contributed by atoms with E-state index in [2.05, 4.69) is 52.8 Å². The van der Waals surface area contributed by atoms with Crippen molar-refractivity contribution in [2.24, 2.45) is 0 Å². The lowest BCUT2D eigenvalue weighted by atomic mass is 9.87. The second kappa shape index (κ2) is 5.34. The van der Waals surface area contributed by atoms with Gasteiger partial charge in [-0.1, -0.05) is 52.8 Å². The van der Waals surface area contributed by atoms with Crippen LogP contribution < -0.4 is 0 Å². The van der Waals surface area contributed by atoms with E-state index in [0.717, 1.165) is 12.8 Å². The highest BCUT2D eigenvalue weighted by atomic mass is 14.2. The average Bonchev–Trinajstić information content (AvgIpc) is 2.17. The fourth-order valence-electron chi connectivity index (χ4n) is 2.17. The standard InChI is InChI=1S/C15H23/c1-6-8-15-13(11(2)3)9-7-10-14(15)12(4)5/h7,9-12H,1,6,8H2,2-5H3. The summed E-state index contributed by atoms with van der Waals surface area (Å²) in [5.41, 5.74) is 4.55. The van der Waals surface area contributed by atoms with Crippen LogP contribution in [-0.4, -0.2) is 0 Å². The minimum Gasteiger partial charge on any atom is -0.0617 e. The zero-order chi connectivity index (χ0) is 11.4. The first-order valence-electron chi connectivity index (χ1n) is 5.98. The molecule has 0 unspecified atom stereocenters. The molecule has 0 saturated heterocycles. The number of hydrogen-bond acceptors (Lipinski definition) is 0. The predicted molar refractivity (Wildman–Crippen MR) is 68.3 cm³/mol. The molecule has 0 spiro atoms. The van der Waals surface area contributed by atoms with Gasteiger partial charge < -0.3 is 0 Å². The molecule has 0 N–H and O–H groups in total. The summed E-state index contributed by atoms with van der Waals surface area (Å²) in [5, 5.41) is 0. The maximum absolute atomic E-state index is 3.98. The van der Waals surface area contributed by atoms with Crippen LogP contribution in [-0.2, 0) is 6.42 Å². The van der Waals surface area contributed by atoms with Crippen LogP contribution in [0.4, 0.5) is 0 Å². The van der Waals surface area contributed by atoms with Gasteiger partial charge >= 0.3 is 0 Å². The van der Waals surface area contributed by atoms with E-state index in [1.165, 1.54) is 16.7 Å². The van der Waals surface area contributed by atoms with E-state index in [0.29, 0.717) is 11.8 Å². The minimum atomic E-state index is 0.616. The Labute approximate surface area is 94.7 Å². The highest BCUT2D eigenvalue weighted by Crippen LogP contribution is 2.28. The van der Waals surface area contributed by atoms with Crippen molar-refractivity contribution < 1.29 is 0 Å². The van der Waals surface area contributed by atoms with Crippen molar-refractivity contribution in [2.45, 2.75) is 52.4 Å². The van der Waals surface area contributed by atoms with Crippen LogP contribution in [0, 0.1) is 6.92 Å². The van der Waals surface area contributed by atoms with E-state index < -0.39 is 0 Å². The molecule has 0 heterocycles. The van der Waals surface area contributed by atoms with E-state index >= 15 is 0 Å². The molecule has 15 heavy (non-hydrogen) atoms. The summed E-state index contributed by atoms with van der Waals surface area (Å²) in [6, 6.07) is 6.72. The van der Waals surface area contributed by atoms with Crippen molar-refractivity contribution in [3.05, 3.63) is 41.8 Å². The van der Waals surface area contributed by atoms with Gasteiger partial charge in [-0.05, 0) is 41.4 Å². The van der Waals surface area contributed by atoms with Gasteiger partial charge in [0.2, 0.25) is 0 Å². The zero-order valence-electron chi connectivity index (χ0n) is 10.5. The maximum atomic E-state index is 3.98. The molecular formula is C15H23. The minimum absolute atomic E-state index is 0.616. The Morgan fingerprint density at radius 2 is 1.47 bits per heavy atom. The second-order valence-electron chi connectivity index (χ2n) is 4.83. The van der Waals surface area contributed by atoms with Crippen LogP contribution >= 0.6 is 0 Å². The van der Waals surface area contributed by atoms with Crippen molar-refractivity contribution in [3.8, 4) is 0 Å². The number of benzene rings is 1. The smallest absolute Gasteiger partial charge is 0.0216 e. The summed E-state index contributed by atoms with van der Waals surface area (Å²) in [7, 11) is 0. The lowest BCUT2D eigenvalue weighted by molar-refractivity contribution is 0.788. The van der Waals surface area contributed by atoms with Gasteiger partial charge in [-0.3, -0.25) is 0 Å². The SMILES string of the molecule is [CH2]CCc1c(C(C)C)cccc1C(C)C. The molecule has 0 saturated carbocycles. The van der Waals surface area contributed by atoms with Crippen molar-refractivity contribution in [1.29, 1.82) is 0 Å². The second-order valence-corrected chi connectivity index (χ2v) is 4.83. The van der Waals surface area contributed by atoms with E-state index in [-0.39, 0.29) is 0 Å². The quantitative estimate of drug-likeness (QED) is 0.665. The largest absolute Gasteiger partial charge is 0.0617 e. The molecular weight excluding hydrogens is 180 g/mol. The predicted octanol–water partition coefficient (Wildman–Crippen LogP) is 4.70.